The van der Waals surface area contributed by atoms with E-state index in [1.54, 1.807) is 32.2 Å². The van der Waals surface area contributed by atoms with Crippen LogP contribution < -0.4 is 10.2 Å². The molecule has 3 aromatic heterocycles. The highest BCUT2D eigenvalue weighted by atomic mass is 32.1. The number of ether oxygens (including phenoxy) is 1. The number of benzene rings is 1. The van der Waals surface area contributed by atoms with E-state index in [0.29, 0.717) is 16.3 Å². The summed E-state index contributed by atoms with van der Waals surface area (Å²) in [6, 6.07) is 5.20. The number of amides is 2. The molecule has 0 saturated heterocycles. The minimum absolute atomic E-state index is 0.00978. The number of thiazole rings is 1. The van der Waals surface area contributed by atoms with Crippen LogP contribution in [0.2, 0.25) is 0 Å². The third kappa shape index (κ3) is 6.10. The Bertz CT molecular complexity index is 1600. The van der Waals surface area contributed by atoms with E-state index in [2.05, 4.69) is 25.4 Å². The van der Waals surface area contributed by atoms with Gasteiger partial charge in [0.2, 0.25) is 17.0 Å². The summed E-state index contributed by atoms with van der Waals surface area (Å²) in [5, 5.41) is 7.84. The van der Waals surface area contributed by atoms with Gasteiger partial charge in [0, 0.05) is 35.6 Å². The molecule has 0 radical (unpaired) electrons. The fraction of sp³-hybridized carbons (Fsp3) is 0.333. The predicted molar refractivity (Wildman–Crippen MR) is 144 cm³/mol. The zero-order valence-electron chi connectivity index (χ0n) is 22.5. The molecule has 4 aromatic rings. The molecule has 3 heterocycles. The van der Waals surface area contributed by atoms with Crippen molar-refractivity contribution >= 4 is 40.2 Å². The average Bonchev–Trinajstić information content (AvgIpc) is 3.32. The molecule has 0 bridgehead atoms. The first-order valence-electron chi connectivity index (χ1n) is 12.6. The highest BCUT2D eigenvalue weighted by Gasteiger charge is 2.66. The normalized spacial score (nSPS) is 14.4. The van der Waals surface area contributed by atoms with Gasteiger partial charge in [0.25, 0.3) is 0 Å². The van der Waals surface area contributed by atoms with Gasteiger partial charge >= 0.3 is 12.3 Å². The lowest BCUT2D eigenvalue weighted by molar-refractivity contribution is -0.165. The van der Waals surface area contributed by atoms with Crippen LogP contribution in [0.1, 0.15) is 44.9 Å². The summed E-state index contributed by atoms with van der Waals surface area (Å²) in [5.41, 5.74) is -1.95. The molecule has 0 atom stereocenters. The predicted octanol–water partition coefficient (Wildman–Crippen LogP) is 6.58. The molecule has 1 aromatic carbocycles. The van der Waals surface area contributed by atoms with Crippen molar-refractivity contribution in [3.8, 4) is 11.1 Å². The number of hydrogen-bond acceptors (Lipinski definition) is 9. The molecule has 5 rings (SSSR count). The minimum Gasteiger partial charge on any atom is -0.443 e. The molecule has 220 valence electrons. The quantitative estimate of drug-likeness (QED) is 0.235. The van der Waals surface area contributed by atoms with E-state index < -0.39 is 41.4 Å². The molecule has 1 N–H and O–H groups in total. The van der Waals surface area contributed by atoms with Crippen LogP contribution in [0.5, 0.6) is 0 Å². The van der Waals surface area contributed by atoms with Crippen LogP contribution in [0, 0.1) is 5.82 Å². The molecule has 0 unspecified atom stereocenters. The lowest BCUT2D eigenvalue weighted by atomic mass is 10.0. The zero-order valence-corrected chi connectivity index (χ0v) is 23.3. The molecule has 42 heavy (non-hydrogen) atoms. The van der Waals surface area contributed by atoms with Gasteiger partial charge in [-0.05, 0) is 50.8 Å². The van der Waals surface area contributed by atoms with Crippen molar-refractivity contribution in [1.82, 2.24) is 20.1 Å². The maximum absolute atomic E-state index is 14.9. The number of rotatable bonds is 7. The molecule has 15 heteroatoms. The van der Waals surface area contributed by atoms with Crippen LogP contribution in [0.25, 0.3) is 11.1 Å². The highest BCUT2D eigenvalue weighted by molar-refractivity contribution is 7.13. The molecule has 0 aliphatic heterocycles. The van der Waals surface area contributed by atoms with Crippen molar-refractivity contribution in [2.24, 2.45) is 0 Å². The molecule has 2 amide bonds. The van der Waals surface area contributed by atoms with Gasteiger partial charge in [-0.25, -0.2) is 24.1 Å². The average molecular weight is 605 g/mol. The number of aromatic nitrogens is 4. The van der Waals surface area contributed by atoms with Gasteiger partial charge in [0.1, 0.15) is 16.8 Å². The van der Waals surface area contributed by atoms with E-state index in [1.807, 2.05) is 0 Å². The Morgan fingerprint density at radius 2 is 1.81 bits per heavy atom. The van der Waals surface area contributed by atoms with Crippen molar-refractivity contribution in [2.75, 3.05) is 10.2 Å². The Balaban J connectivity index is 1.26. The molecular formula is C27H24F4N6O4S. The fourth-order valence-corrected chi connectivity index (χ4v) is 4.68. The number of carbonyl (C=O) groups is 2. The van der Waals surface area contributed by atoms with Crippen molar-refractivity contribution < 1.29 is 36.4 Å². The number of halogens is 4. The summed E-state index contributed by atoms with van der Waals surface area (Å²) in [7, 11) is 0. The number of anilines is 3. The van der Waals surface area contributed by atoms with Crippen LogP contribution in [0.3, 0.4) is 0 Å². The molecule has 1 saturated carbocycles. The van der Waals surface area contributed by atoms with Crippen molar-refractivity contribution in [1.29, 1.82) is 0 Å². The summed E-state index contributed by atoms with van der Waals surface area (Å²) >= 11 is 1.19. The van der Waals surface area contributed by atoms with Gasteiger partial charge in [-0.3, -0.25) is 4.79 Å². The summed E-state index contributed by atoms with van der Waals surface area (Å²) in [5.74, 6) is -1.92. The Morgan fingerprint density at radius 1 is 1.10 bits per heavy atom. The van der Waals surface area contributed by atoms with Crippen LogP contribution in [0.4, 0.5) is 39.3 Å². The van der Waals surface area contributed by atoms with Crippen molar-refractivity contribution in [3.05, 3.63) is 65.4 Å². The van der Waals surface area contributed by atoms with Crippen LogP contribution in [0.15, 0.2) is 52.8 Å². The number of nitrogens with one attached hydrogen (secondary N) is 1. The summed E-state index contributed by atoms with van der Waals surface area (Å²) in [6.07, 6.45) is -1.48. The molecule has 1 aliphatic rings. The van der Waals surface area contributed by atoms with Crippen LogP contribution in [-0.4, -0.2) is 43.9 Å². The Hall–Kier alpha value is -4.40. The number of nitrogens with zero attached hydrogens (tertiary/aromatic N) is 5. The minimum atomic E-state index is -4.48. The molecule has 10 nitrogen and oxygen atoms in total. The highest BCUT2D eigenvalue weighted by Crippen LogP contribution is 2.59. The lowest BCUT2D eigenvalue weighted by Crippen LogP contribution is -2.34. The van der Waals surface area contributed by atoms with E-state index in [0.717, 1.165) is 11.0 Å². The SMILES string of the molecule is CC(C)(C)OC(=O)N(c1ncc(-c2ccc(CC(=O)Nc3cc(C4(C(F)(F)F)CC4)on3)c(F)c2)cn1)c1nccs1. The van der Waals surface area contributed by atoms with E-state index in [4.69, 9.17) is 9.26 Å². The van der Waals surface area contributed by atoms with Gasteiger partial charge in [-0.1, -0.05) is 17.3 Å². The maximum Gasteiger partial charge on any atom is 0.423 e. The second kappa shape index (κ2) is 10.8. The van der Waals surface area contributed by atoms with Gasteiger partial charge in [-0.15, -0.1) is 11.3 Å². The second-order valence-corrected chi connectivity index (χ2v) is 11.5. The third-order valence-corrected chi connectivity index (χ3v) is 7.06. The largest absolute Gasteiger partial charge is 0.443 e. The summed E-state index contributed by atoms with van der Waals surface area (Å²) in [4.78, 5) is 39.1. The molecule has 0 spiro atoms. The van der Waals surface area contributed by atoms with E-state index >= 15 is 0 Å². The first-order chi connectivity index (χ1) is 19.8. The first-order valence-corrected chi connectivity index (χ1v) is 13.5. The zero-order chi connectivity index (χ0) is 30.3. The third-order valence-electron chi connectivity index (χ3n) is 6.30. The van der Waals surface area contributed by atoms with Crippen LogP contribution in [-0.2, 0) is 21.4 Å². The standard InChI is InChI=1S/C27H24F4N6O4S/c1-25(2,3)40-24(39)37(23-32-8-9-42-23)22-33-13-17(14-34-22)15-4-5-16(18(28)10-15)11-21(38)35-20-12-19(41-36-20)26(6-7-26)27(29,30)31/h4-5,8-10,12-14H,6-7,11H2,1-3H3,(H,35,36,38). The summed E-state index contributed by atoms with van der Waals surface area (Å²) < 4.78 is 65.1. The molecular weight excluding hydrogens is 580 g/mol. The summed E-state index contributed by atoms with van der Waals surface area (Å²) in [6.45, 7) is 5.17. The van der Waals surface area contributed by atoms with Crippen LogP contribution >= 0.6 is 11.3 Å². The van der Waals surface area contributed by atoms with Gasteiger partial charge in [-0.2, -0.15) is 18.1 Å². The molecule has 1 aliphatic carbocycles. The topological polar surface area (TPSA) is 123 Å². The van der Waals surface area contributed by atoms with Crippen molar-refractivity contribution in [3.63, 3.8) is 0 Å². The monoisotopic (exact) mass is 604 g/mol. The van der Waals surface area contributed by atoms with E-state index in [9.17, 15) is 27.2 Å². The number of hydrogen-bond donors (Lipinski definition) is 1. The Labute approximate surface area is 240 Å². The maximum atomic E-state index is 14.9. The smallest absolute Gasteiger partial charge is 0.423 e. The van der Waals surface area contributed by atoms with Gasteiger partial charge < -0.3 is 14.6 Å². The number of carbonyl (C=O) groups excluding carboxylic acids is 2. The lowest BCUT2D eigenvalue weighted by Gasteiger charge is -2.24. The van der Waals surface area contributed by atoms with E-state index in [1.165, 1.54) is 42.1 Å². The molecule has 1 fully saturated rings. The Kier molecular flexibility index (Phi) is 7.47. The van der Waals surface area contributed by atoms with Gasteiger partial charge in [0.15, 0.2) is 11.6 Å². The van der Waals surface area contributed by atoms with Crippen molar-refractivity contribution in [2.45, 2.75) is 57.2 Å². The fourth-order valence-electron chi connectivity index (χ4n) is 4.05. The second-order valence-electron chi connectivity index (χ2n) is 10.6. The first kappa shape index (κ1) is 29.1. The van der Waals surface area contributed by atoms with Gasteiger partial charge in [0.05, 0.1) is 6.42 Å². The number of alkyl halides is 3. The Morgan fingerprint density at radius 3 is 2.38 bits per heavy atom. The van der Waals surface area contributed by atoms with E-state index in [-0.39, 0.29) is 35.9 Å².